The Balaban J connectivity index is 1.27. The van der Waals surface area contributed by atoms with Crippen LogP contribution in [-0.4, -0.2) is 0 Å². The van der Waals surface area contributed by atoms with Crippen molar-refractivity contribution in [3.8, 4) is 22.3 Å². The first-order valence-electron chi connectivity index (χ1n) is 15.6. The zero-order valence-corrected chi connectivity index (χ0v) is 25.3. The maximum absolute atomic E-state index is 6.38. The summed E-state index contributed by atoms with van der Waals surface area (Å²) in [5, 5.41) is 4.63. The molecule has 2 heteroatoms. The van der Waals surface area contributed by atoms with Crippen LogP contribution in [-0.2, 0) is 5.41 Å². The first kappa shape index (κ1) is 25.9. The Morgan fingerprint density at radius 1 is 0.467 bits per heavy atom. The third-order valence-electron chi connectivity index (χ3n) is 9.65. The van der Waals surface area contributed by atoms with Crippen molar-refractivity contribution in [3.05, 3.63) is 163 Å². The lowest BCUT2D eigenvalue weighted by molar-refractivity contribution is 0.660. The van der Waals surface area contributed by atoms with Gasteiger partial charge in [-0.05, 0) is 87.3 Å². The van der Waals surface area contributed by atoms with Gasteiger partial charge in [-0.25, -0.2) is 0 Å². The van der Waals surface area contributed by atoms with Crippen LogP contribution in [0.4, 0.5) is 17.1 Å². The summed E-state index contributed by atoms with van der Waals surface area (Å²) < 4.78 is 6.38. The molecule has 0 saturated heterocycles. The van der Waals surface area contributed by atoms with Crippen molar-refractivity contribution in [1.29, 1.82) is 0 Å². The number of hydrogen-bond acceptors (Lipinski definition) is 2. The monoisotopic (exact) mass is 577 g/mol. The molecule has 0 radical (unpaired) electrons. The molecule has 9 rings (SSSR count). The molecule has 0 unspecified atom stereocenters. The van der Waals surface area contributed by atoms with Crippen LogP contribution in [0.15, 0.2) is 156 Å². The molecule has 0 N–H and O–H groups in total. The predicted molar refractivity (Wildman–Crippen MR) is 189 cm³/mol. The third-order valence-corrected chi connectivity index (χ3v) is 9.65. The van der Waals surface area contributed by atoms with Gasteiger partial charge in [0, 0.05) is 32.9 Å². The molecule has 1 aliphatic rings. The van der Waals surface area contributed by atoms with Gasteiger partial charge in [0.2, 0.25) is 0 Å². The van der Waals surface area contributed by atoms with Gasteiger partial charge in [-0.15, -0.1) is 0 Å². The van der Waals surface area contributed by atoms with Gasteiger partial charge in [0.15, 0.2) is 0 Å². The molecule has 214 valence electrons. The minimum atomic E-state index is -0.0427. The van der Waals surface area contributed by atoms with E-state index in [-0.39, 0.29) is 5.41 Å². The molecule has 45 heavy (non-hydrogen) atoms. The number of benzene rings is 7. The Morgan fingerprint density at radius 2 is 1.18 bits per heavy atom. The van der Waals surface area contributed by atoms with E-state index in [1.807, 2.05) is 12.1 Å². The molecule has 0 bridgehead atoms. The number of nitrogens with zero attached hydrogens (tertiary/aromatic N) is 1. The van der Waals surface area contributed by atoms with Crippen molar-refractivity contribution >= 4 is 49.8 Å². The van der Waals surface area contributed by atoms with E-state index in [4.69, 9.17) is 4.42 Å². The Morgan fingerprint density at radius 3 is 2.04 bits per heavy atom. The Labute approximate surface area is 262 Å². The van der Waals surface area contributed by atoms with E-state index < -0.39 is 0 Å². The molecular weight excluding hydrogens is 546 g/mol. The molecule has 8 aromatic rings. The van der Waals surface area contributed by atoms with E-state index in [2.05, 4.69) is 158 Å². The smallest absolute Gasteiger partial charge is 0.136 e. The fourth-order valence-electron chi connectivity index (χ4n) is 7.38. The summed E-state index contributed by atoms with van der Waals surface area (Å²) in [6.45, 7) is 4.67. The van der Waals surface area contributed by atoms with Crippen LogP contribution >= 0.6 is 0 Å². The molecule has 7 aromatic carbocycles. The van der Waals surface area contributed by atoms with Crippen molar-refractivity contribution in [2.75, 3.05) is 4.90 Å². The minimum Gasteiger partial charge on any atom is -0.456 e. The molecule has 0 amide bonds. The fraction of sp³-hybridized carbons (Fsp3) is 0.0698. The number of furan rings is 1. The van der Waals surface area contributed by atoms with Crippen molar-refractivity contribution in [2.24, 2.45) is 0 Å². The molecule has 2 nitrogen and oxygen atoms in total. The Hall–Kier alpha value is -5.60. The lowest BCUT2D eigenvalue weighted by Gasteiger charge is -2.28. The molecule has 0 saturated carbocycles. The van der Waals surface area contributed by atoms with Crippen molar-refractivity contribution < 1.29 is 4.42 Å². The van der Waals surface area contributed by atoms with Crippen LogP contribution in [0.5, 0.6) is 0 Å². The van der Waals surface area contributed by atoms with Crippen LogP contribution in [0.25, 0.3) is 55.0 Å². The highest BCUT2D eigenvalue weighted by Crippen LogP contribution is 2.51. The van der Waals surface area contributed by atoms with Crippen LogP contribution in [0.1, 0.15) is 25.0 Å². The maximum Gasteiger partial charge on any atom is 0.136 e. The van der Waals surface area contributed by atoms with Crippen LogP contribution in [0.2, 0.25) is 0 Å². The number of rotatable bonds is 4. The van der Waals surface area contributed by atoms with Crippen LogP contribution in [0.3, 0.4) is 0 Å². The lowest BCUT2D eigenvalue weighted by atomic mass is 9.82. The van der Waals surface area contributed by atoms with Gasteiger partial charge >= 0.3 is 0 Å². The zero-order valence-electron chi connectivity index (χ0n) is 25.3. The van der Waals surface area contributed by atoms with Gasteiger partial charge in [0.05, 0.1) is 5.69 Å². The second-order valence-electron chi connectivity index (χ2n) is 12.6. The zero-order chi connectivity index (χ0) is 30.1. The van der Waals surface area contributed by atoms with Gasteiger partial charge in [-0.1, -0.05) is 117 Å². The van der Waals surface area contributed by atoms with Crippen molar-refractivity contribution in [1.82, 2.24) is 0 Å². The van der Waals surface area contributed by atoms with E-state index in [1.54, 1.807) is 0 Å². The van der Waals surface area contributed by atoms with Gasteiger partial charge in [0.1, 0.15) is 11.2 Å². The summed E-state index contributed by atoms with van der Waals surface area (Å²) in [5.74, 6) is 0. The summed E-state index contributed by atoms with van der Waals surface area (Å²) in [6.07, 6.45) is 0. The van der Waals surface area contributed by atoms with Crippen LogP contribution in [0, 0.1) is 0 Å². The van der Waals surface area contributed by atoms with Gasteiger partial charge in [0.25, 0.3) is 0 Å². The molecular formula is C43H31NO. The van der Waals surface area contributed by atoms with Gasteiger partial charge in [-0.2, -0.15) is 0 Å². The molecule has 0 aliphatic heterocycles. The van der Waals surface area contributed by atoms with E-state index >= 15 is 0 Å². The Kier molecular flexibility index (Phi) is 5.58. The number of hydrogen-bond donors (Lipinski definition) is 0. The van der Waals surface area contributed by atoms with Crippen LogP contribution < -0.4 is 4.90 Å². The van der Waals surface area contributed by atoms with E-state index in [0.717, 1.165) is 44.4 Å². The van der Waals surface area contributed by atoms with Crippen molar-refractivity contribution in [2.45, 2.75) is 19.3 Å². The SMILES string of the molecule is CC1(C)c2ccccc2-c2cc(N(c3ccc(-c4ccccc4)cc3)c3cccc4cc5c(cc34)oc3ccccc35)ccc21. The maximum atomic E-state index is 6.38. The highest BCUT2D eigenvalue weighted by molar-refractivity contribution is 6.13. The summed E-state index contributed by atoms with van der Waals surface area (Å²) in [4.78, 5) is 2.40. The summed E-state index contributed by atoms with van der Waals surface area (Å²) in [5.41, 5.74) is 12.9. The summed E-state index contributed by atoms with van der Waals surface area (Å²) in [6, 6.07) is 54.8. The van der Waals surface area contributed by atoms with E-state index in [9.17, 15) is 0 Å². The largest absolute Gasteiger partial charge is 0.456 e. The summed E-state index contributed by atoms with van der Waals surface area (Å²) >= 11 is 0. The summed E-state index contributed by atoms with van der Waals surface area (Å²) in [7, 11) is 0. The molecule has 1 aliphatic carbocycles. The standard InChI is InChI=1S/C43H31NO/c1-43(2)38-16-8-6-14-33(38)36-26-32(23-24-39(36)43)44(31-21-19-29(20-22-31)28-11-4-3-5-12-28)40-17-10-13-30-25-37-34-15-7-9-18-41(34)45-42(37)27-35(30)40/h3-27H,1-2H3. The van der Waals surface area contributed by atoms with E-state index in [0.29, 0.717) is 0 Å². The molecule has 0 fully saturated rings. The minimum absolute atomic E-state index is 0.0427. The average Bonchev–Trinajstić information content (AvgIpc) is 3.56. The Bertz CT molecular complexity index is 2400. The van der Waals surface area contributed by atoms with Gasteiger partial charge in [-0.3, -0.25) is 0 Å². The molecule has 0 spiro atoms. The fourth-order valence-corrected chi connectivity index (χ4v) is 7.38. The van der Waals surface area contributed by atoms with Crippen molar-refractivity contribution in [3.63, 3.8) is 0 Å². The molecule has 1 heterocycles. The number of para-hydroxylation sites is 1. The number of fused-ring (bicyclic) bond motifs is 7. The lowest BCUT2D eigenvalue weighted by Crippen LogP contribution is -2.15. The normalized spacial score (nSPS) is 13.3. The average molecular weight is 578 g/mol. The molecule has 0 atom stereocenters. The van der Waals surface area contributed by atoms with Gasteiger partial charge < -0.3 is 9.32 Å². The second-order valence-corrected chi connectivity index (χ2v) is 12.6. The highest BCUT2D eigenvalue weighted by atomic mass is 16.3. The predicted octanol–water partition coefficient (Wildman–Crippen LogP) is 12.2. The first-order valence-corrected chi connectivity index (χ1v) is 15.6. The molecule has 1 aromatic heterocycles. The van der Waals surface area contributed by atoms with E-state index in [1.165, 1.54) is 38.8 Å². The third kappa shape index (κ3) is 3.96. The quantitative estimate of drug-likeness (QED) is 0.207. The number of anilines is 3. The second kappa shape index (κ2) is 9.70. The topological polar surface area (TPSA) is 16.4 Å². The highest BCUT2D eigenvalue weighted by Gasteiger charge is 2.35. The first-order chi connectivity index (χ1) is 22.1.